The molecular weight excluding hydrogens is 218 g/mol. The van der Waals surface area contributed by atoms with Gasteiger partial charge in [-0.3, -0.25) is 0 Å². The van der Waals surface area contributed by atoms with Gasteiger partial charge in [-0.15, -0.1) is 0 Å². The van der Waals surface area contributed by atoms with Crippen molar-refractivity contribution < 1.29 is 4.57 Å². The molecule has 0 saturated heterocycles. The highest BCUT2D eigenvalue weighted by molar-refractivity contribution is 5.94. The fraction of sp³-hybridized carbons (Fsp3) is 0.118. The molecule has 0 fully saturated rings. The molecule has 0 N–H and O–H groups in total. The van der Waals surface area contributed by atoms with Crippen LogP contribution in [0.4, 0.5) is 0 Å². The number of fused-ring (bicyclic) bond motifs is 5. The number of aryl methyl sites for hydroxylation is 1. The fourth-order valence-electron chi connectivity index (χ4n) is 2.94. The van der Waals surface area contributed by atoms with E-state index in [0.29, 0.717) is 0 Å². The number of benzene rings is 2. The number of hydrogen-bond acceptors (Lipinski definition) is 0. The van der Waals surface area contributed by atoms with Crippen LogP contribution >= 0.6 is 0 Å². The molecule has 1 aliphatic heterocycles. The normalized spacial score (nSPS) is 12.5. The molecule has 0 aliphatic carbocycles. The van der Waals surface area contributed by atoms with Gasteiger partial charge in [0, 0.05) is 11.6 Å². The highest BCUT2D eigenvalue weighted by atomic mass is 15.0. The zero-order valence-corrected chi connectivity index (χ0v) is 10.4. The van der Waals surface area contributed by atoms with Gasteiger partial charge in [0.25, 0.3) is 0 Å². The number of hydrogen-bond donors (Lipinski definition) is 0. The van der Waals surface area contributed by atoms with Gasteiger partial charge < -0.3 is 0 Å². The highest BCUT2D eigenvalue weighted by Gasteiger charge is 2.27. The molecule has 0 unspecified atom stereocenters. The lowest BCUT2D eigenvalue weighted by molar-refractivity contribution is -0.671. The van der Waals surface area contributed by atoms with Gasteiger partial charge in [0.1, 0.15) is 0 Å². The zero-order valence-electron chi connectivity index (χ0n) is 10.4. The summed E-state index contributed by atoms with van der Waals surface area (Å²) in [5.41, 5.74) is 5.49. The van der Waals surface area contributed by atoms with Gasteiger partial charge in [0.15, 0.2) is 12.7 Å². The van der Waals surface area contributed by atoms with Gasteiger partial charge in [-0.2, -0.15) is 4.57 Å². The van der Waals surface area contributed by atoms with Gasteiger partial charge in [0.2, 0.25) is 5.69 Å². The van der Waals surface area contributed by atoms with E-state index in [1.54, 1.807) is 0 Å². The molecule has 1 nitrogen and oxygen atoms in total. The zero-order chi connectivity index (χ0) is 12.1. The van der Waals surface area contributed by atoms with Crippen LogP contribution in [0.25, 0.3) is 22.0 Å². The van der Waals surface area contributed by atoms with E-state index in [9.17, 15) is 0 Å². The minimum absolute atomic E-state index is 0.995. The Balaban J connectivity index is 2.13. The maximum Gasteiger partial charge on any atom is 0.221 e. The highest BCUT2D eigenvalue weighted by Crippen LogP contribution is 2.32. The molecule has 86 valence electrons. The SMILES string of the molecule is Cc1ccc2c3[n+](ccc2c1)Cc1ccccc1-3. The van der Waals surface area contributed by atoms with Crippen LogP contribution in [0.15, 0.2) is 54.7 Å². The van der Waals surface area contributed by atoms with E-state index >= 15 is 0 Å². The van der Waals surface area contributed by atoms with Crippen LogP contribution in [0.2, 0.25) is 0 Å². The molecule has 2 heterocycles. The number of aromatic nitrogens is 1. The van der Waals surface area contributed by atoms with Crippen LogP contribution < -0.4 is 4.57 Å². The molecule has 18 heavy (non-hydrogen) atoms. The van der Waals surface area contributed by atoms with Crippen LogP contribution in [0.3, 0.4) is 0 Å². The van der Waals surface area contributed by atoms with E-state index in [1.807, 2.05) is 0 Å². The van der Waals surface area contributed by atoms with Crippen molar-refractivity contribution in [2.24, 2.45) is 0 Å². The molecule has 2 aromatic carbocycles. The Morgan fingerprint density at radius 1 is 1.00 bits per heavy atom. The molecule has 0 saturated carbocycles. The van der Waals surface area contributed by atoms with E-state index in [1.165, 1.54) is 33.2 Å². The Kier molecular flexibility index (Phi) is 1.87. The standard InChI is InChI=1S/C17H14N/c1-12-6-7-16-13(10-12)8-9-18-11-14-4-2-3-5-15(14)17(16)18/h2-10H,11H2,1H3/q+1. The van der Waals surface area contributed by atoms with Gasteiger partial charge in [-0.1, -0.05) is 35.9 Å². The first-order chi connectivity index (χ1) is 8.83. The average Bonchev–Trinajstić information content (AvgIpc) is 2.77. The van der Waals surface area contributed by atoms with E-state index in [0.717, 1.165) is 6.54 Å². The largest absolute Gasteiger partial charge is 0.221 e. The summed E-state index contributed by atoms with van der Waals surface area (Å²) in [5, 5.41) is 2.69. The minimum Gasteiger partial charge on any atom is -0.193 e. The summed E-state index contributed by atoms with van der Waals surface area (Å²) in [5.74, 6) is 0. The first-order valence-electron chi connectivity index (χ1n) is 6.34. The van der Waals surface area contributed by atoms with Crippen molar-refractivity contribution in [1.29, 1.82) is 0 Å². The summed E-state index contributed by atoms with van der Waals surface area (Å²) < 4.78 is 2.35. The topological polar surface area (TPSA) is 3.88 Å². The predicted molar refractivity (Wildman–Crippen MR) is 73.4 cm³/mol. The molecule has 0 amide bonds. The number of rotatable bonds is 0. The molecule has 1 aliphatic rings. The fourth-order valence-corrected chi connectivity index (χ4v) is 2.94. The van der Waals surface area contributed by atoms with E-state index in [-0.39, 0.29) is 0 Å². The molecule has 0 atom stereocenters. The summed E-state index contributed by atoms with van der Waals surface area (Å²) in [7, 11) is 0. The molecular formula is C17H14N+. The van der Waals surface area contributed by atoms with Crippen molar-refractivity contribution in [2.45, 2.75) is 13.5 Å². The van der Waals surface area contributed by atoms with Crippen LogP contribution in [0.1, 0.15) is 11.1 Å². The summed E-state index contributed by atoms with van der Waals surface area (Å²) in [6, 6.07) is 17.6. The molecule has 1 aromatic heterocycles. The predicted octanol–water partition coefficient (Wildman–Crippen LogP) is 3.46. The van der Waals surface area contributed by atoms with Crippen molar-refractivity contribution >= 4 is 10.8 Å². The lowest BCUT2D eigenvalue weighted by Gasteiger charge is -2.02. The van der Waals surface area contributed by atoms with Crippen LogP contribution in [0, 0.1) is 6.92 Å². The van der Waals surface area contributed by atoms with Crippen molar-refractivity contribution in [3.63, 3.8) is 0 Å². The first-order valence-corrected chi connectivity index (χ1v) is 6.34. The van der Waals surface area contributed by atoms with Crippen LogP contribution in [-0.2, 0) is 6.54 Å². The molecule has 0 spiro atoms. The molecule has 0 radical (unpaired) electrons. The quantitative estimate of drug-likeness (QED) is 0.409. The molecule has 1 heteroatoms. The van der Waals surface area contributed by atoms with Crippen LogP contribution in [0.5, 0.6) is 0 Å². The summed E-state index contributed by atoms with van der Waals surface area (Å²) in [6.07, 6.45) is 2.21. The second-order valence-corrected chi connectivity index (χ2v) is 5.04. The third kappa shape index (κ3) is 1.25. The average molecular weight is 232 g/mol. The Hall–Kier alpha value is -2.15. The molecule has 3 aromatic rings. The van der Waals surface area contributed by atoms with Crippen molar-refractivity contribution in [1.82, 2.24) is 0 Å². The lowest BCUT2D eigenvalue weighted by Crippen LogP contribution is -2.31. The van der Waals surface area contributed by atoms with Gasteiger partial charge >= 0.3 is 0 Å². The second-order valence-electron chi connectivity index (χ2n) is 5.04. The Morgan fingerprint density at radius 2 is 1.89 bits per heavy atom. The maximum absolute atomic E-state index is 2.35. The van der Waals surface area contributed by atoms with E-state index in [4.69, 9.17) is 0 Å². The maximum atomic E-state index is 2.35. The van der Waals surface area contributed by atoms with Crippen molar-refractivity contribution in [3.05, 3.63) is 65.9 Å². The third-order valence-corrected chi connectivity index (χ3v) is 3.80. The van der Waals surface area contributed by atoms with Crippen molar-refractivity contribution in [2.75, 3.05) is 0 Å². The summed E-state index contributed by atoms with van der Waals surface area (Å²) in [6.45, 7) is 3.14. The van der Waals surface area contributed by atoms with Crippen molar-refractivity contribution in [3.8, 4) is 11.3 Å². The number of pyridine rings is 1. The minimum atomic E-state index is 0.995. The second kappa shape index (κ2) is 3.42. The summed E-state index contributed by atoms with van der Waals surface area (Å²) in [4.78, 5) is 0. The Bertz CT molecular complexity index is 772. The van der Waals surface area contributed by atoms with Crippen LogP contribution in [-0.4, -0.2) is 0 Å². The summed E-state index contributed by atoms with van der Waals surface area (Å²) >= 11 is 0. The first kappa shape index (κ1) is 9.84. The molecule has 4 rings (SSSR count). The van der Waals surface area contributed by atoms with Gasteiger partial charge in [-0.05, 0) is 24.4 Å². The molecule has 0 bridgehead atoms. The van der Waals surface area contributed by atoms with E-state index < -0.39 is 0 Å². The van der Waals surface area contributed by atoms with E-state index in [2.05, 4.69) is 66.2 Å². The monoisotopic (exact) mass is 232 g/mol. The Morgan fingerprint density at radius 3 is 2.83 bits per heavy atom. The van der Waals surface area contributed by atoms with Gasteiger partial charge in [-0.25, -0.2) is 0 Å². The smallest absolute Gasteiger partial charge is 0.193 e. The Labute approximate surface area is 106 Å². The third-order valence-electron chi connectivity index (χ3n) is 3.80. The number of nitrogens with zero attached hydrogens (tertiary/aromatic N) is 1. The van der Waals surface area contributed by atoms with Gasteiger partial charge in [0.05, 0.1) is 10.9 Å². The lowest BCUT2D eigenvalue weighted by atomic mass is 10.0.